The van der Waals surface area contributed by atoms with Gasteiger partial charge in [0.25, 0.3) is 0 Å². The SMILES string of the molecule is CC/C=C\C/C=C\C/C=C\C/C=C\C/C=C\CCCCCCCCCCCC(=O)OCC(COC(=O)CCCCCCC/C=C\C/C=C\C/C=C\CC)OC(=O)CCCCCCCC/C=C\C/C=C\C/C=C\C/C=C\CC. The van der Waals surface area contributed by atoms with E-state index < -0.39 is 6.10 Å². The average Bonchev–Trinajstić information content (AvgIpc) is 3.43. The summed E-state index contributed by atoms with van der Waals surface area (Å²) in [4.78, 5) is 38.3. The molecule has 0 bridgehead atoms. The van der Waals surface area contributed by atoms with E-state index in [0.29, 0.717) is 19.3 Å². The minimum Gasteiger partial charge on any atom is -0.462 e. The van der Waals surface area contributed by atoms with Crippen LogP contribution in [0.3, 0.4) is 0 Å². The number of unbranched alkanes of at least 4 members (excludes halogenated alkanes) is 20. The summed E-state index contributed by atoms with van der Waals surface area (Å²) in [6.07, 6.45) is 91.3. The van der Waals surface area contributed by atoms with Crippen LogP contribution in [-0.2, 0) is 28.6 Å². The van der Waals surface area contributed by atoms with E-state index in [0.717, 1.165) is 173 Å². The zero-order chi connectivity index (χ0) is 55.7. The van der Waals surface area contributed by atoms with Gasteiger partial charge in [0, 0.05) is 19.3 Å². The van der Waals surface area contributed by atoms with E-state index in [-0.39, 0.29) is 31.1 Å². The molecule has 0 aromatic rings. The highest BCUT2D eigenvalue weighted by Crippen LogP contribution is 2.15. The lowest BCUT2D eigenvalue weighted by molar-refractivity contribution is -0.167. The molecule has 0 amide bonds. The fraction of sp³-hybridized carbons (Fsp3) is 0.620. The third kappa shape index (κ3) is 62.0. The number of carbonyl (C=O) groups excluding carboxylic acids is 3. The Labute approximate surface area is 474 Å². The molecule has 0 aliphatic rings. The molecule has 1 atom stereocenters. The first kappa shape index (κ1) is 72.3. The van der Waals surface area contributed by atoms with Crippen molar-refractivity contribution >= 4 is 17.9 Å². The predicted octanol–water partition coefficient (Wildman–Crippen LogP) is 21.5. The molecule has 0 rings (SSSR count). The quantitative estimate of drug-likeness (QED) is 0.0261. The summed E-state index contributed by atoms with van der Waals surface area (Å²) in [5.74, 6) is -0.936. The number of hydrogen-bond donors (Lipinski definition) is 0. The van der Waals surface area contributed by atoms with Gasteiger partial charge in [-0.1, -0.05) is 256 Å². The van der Waals surface area contributed by atoms with Crippen LogP contribution in [0.2, 0.25) is 0 Å². The number of hydrogen-bond acceptors (Lipinski definition) is 6. The third-order valence-electron chi connectivity index (χ3n) is 12.8. The molecule has 6 nitrogen and oxygen atoms in total. The summed E-state index contributed by atoms with van der Waals surface area (Å²) in [5, 5.41) is 0. The lowest BCUT2D eigenvalue weighted by Gasteiger charge is -2.18. The van der Waals surface area contributed by atoms with Gasteiger partial charge in [0.1, 0.15) is 13.2 Å². The number of rotatable bonds is 55. The lowest BCUT2D eigenvalue weighted by atomic mass is 10.1. The first-order valence-electron chi connectivity index (χ1n) is 31.3. The van der Waals surface area contributed by atoms with E-state index in [1.165, 1.54) is 51.4 Å². The first-order valence-corrected chi connectivity index (χ1v) is 31.3. The molecule has 0 aliphatic heterocycles. The van der Waals surface area contributed by atoms with Gasteiger partial charge in [-0.2, -0.15) is 0 Å². The summed E-state index contributed by atoms with van der Waals surface area (Å²) in [5.41, 5.74) is 0. The van der Waals surface area contributed by atoms with Crippen molar-refractivity contribution < 1.29 is 28.6 Å². The maximum absolute atomic E-state index is 12.9. The van der Waals surface area contributed by atoms with Crippen LogP contribution in [0.5, 0.6) is 0 Å². The van der Waals surface area contributed by atoms with Gasteiger partial charge in [0.15, 0.2) is 6.10 Å². The summed E-state index contributed by atoms with van der Waals surface area (Å²) < 4.78 is 16.9. The van der Waals surface area contributed by atoms with Crippen molar-refractivity contribution in [1.82, 2.24) is 0 Å². The van der Waals surface area contributed by atoms with Gasteiger partial charge in [0.05, 0.1) is 0 Å². The molecule has 434 valence electrons. The number of carbonyl (C=O) groups is 3. The number of ether oxygens (including phenoxy) is 3. The van der Waals surface area contributed by atoms with Crippen molar-refractivity contribution in [2.24, 2.45) is 0 Å². The highest BCUT2D eigenvalue weighted by molar-refractivity contribution is 5.71. The van der Waals surface area contributed by atoms with Gasteiger partial charge in [-0.15, -0.1) is 0 Å². The van der Waals surface area contributed by atoms with Gasteiger partial charge in [-0.25, -0.2) is 0 Å². The molecular weight excluding hydrogens is 949 g/mol. The van der Waals surface area contributed by atoms with Crippen LogP contribution < -0.4 is 0 Å². The van der Waals surface area contributed by atoms with Crippen molar-refractivity contribution in [2.75, 3.05) is 13.2 Å². The Kier molecular flexibility index (Phi) is 59.9. The van der Waals surface area contributed by atoms with Crippen LogP contribution in [-0.4, -0.2) is 37.2 Å². The highest BCUT2D eigenvalue weighted by Gasteiger charge is 2.19. The van der Waals surface area contributed by atoms with Crippen LogP contribution in [0.15, 0.2) is 146 Å². The van der Waals surface area contributed by atoms with E-state index in [2.05, 4.69) is 167 Å². The van der Waals surface area contributed by atoms with E-state index in [1.807, 2.05) is 0 Å². The molecule has 0 fully saturated rings. The van der Waals surface area contributed by atoms with E-state index >= 15 is 0 Å². The van der Waals surface area contributed by atoms with Gasteiger partial charge in [0.2, 0.25) is 0 Å². The highest BCUT2D eigenvalue weighted by atomic mass is 16.6. The molecule has 0 aliphatic carbocycles. The number of esters is 3. The molecule has 0 N–H and O–H groups in total. The molecule has 1 unspecified atom stereocenters. The van der Waals surface area contributed by atoms with Crippen LogP contribution in [0.25, 0.3) is 0 Å². The molecule has 0 heterocycles. The molecule has 6 heteroatoms. The summed E-state index contributed by atoms with van der Waals surface area (Å²) in [6.45, 7) is 6.27. The van der Waals surface area contributed by atoms with Crippen molar-refractivity contribution in [3.63, 3.8) is 0 Å². The fourth-order valence-electron chi connectivity index (χ4n) is 8.24. The van der Waals surface area contributed by atoms with Crippen LogP contribution >= 0.6 is 0 Å². The van der Waals surface area contributed by atoms with Gasteiger partial charge >= 0.3 is 17.9 Å². The minimum absolute atomic E-state index is 0.0980. The van der Waals surface area contributed by atoms with Crippen LogP contribution in [0.4, 0.5) is 0 Å². The molecule has 0 spiro atoms. The zero-order valence-electron chi connectivity index (χ0n) is 49.7. The van der Waals surface area contributed by atoms with Crippen molar-refractivity contribution in [3.05, 3.63) is 146 Å². The Morgan fingerprint density at radius 3 is 0.727 bits per heavy atom. The van der Waals surface area contributed by atoms with Gasteiger partial charge in [-0.05, 0) is 135 Å². The minimum atomic E-state index is -0.803. The standard InChI is InChI=1S/C71H114O6/c1-4-7-10-13-16-19-22-25-28-30-32-33-34-35-36-37-39-40-43-46-49-52-55-58-61-64-70(73)76-67-68(66-75-69(72)63-60-57-54-51-48-45-42-27-24-21-18-15-12-9-6-3)77-71(74)65-62-59-56-53-50-47-44-41-38-31-29-26-23-20-17-14-11-8-5-2/h7-12,16-21,25-29,32-33,35-36,38,41-42,68H,4-6,13-15,22-24,30-31,34,37,39-40,43-67H2,1-3H3/b10-7-,11-8-,12-9-,19-16-,20-17-,21-18-,28-25-,29-26-,33-32-,36-35-,41-38-,42-27-. The molecule has 0 saturated carbocycles. The van der Waals surface area contributed by atoms with E-state index in [9.17, 15) is 14.4 Å². The lowest BCUT2D eigenvalue weighted by Crippen LogP contribution is -2.30. The Bertz CT molecular complexity index is 1700. The van der Waals surface area contributed by atoms with Crippen molar-refractivity contribution in [1.29, 1.82) is 0 Å². The average molecular weight is 1060 g/mol. The molecule has 0 radical (unpaired) electrons. The molecule has 0 aromatic heterocycles. The maximum Gasteiger partial charge on any atom is 0.306 e. The Balaban J connectivity index is 4.43. The van der Waals surface area contributed by atoms with Crippen molar-refractivity contribution in [3.8, 4) is 0 Å². The van der Waals surface area contributed by atoms with Gasteiger partial charge in [-0.3, -0.25) is 14.4 Å². The smallest absolute Gasteiger partial charge is 0.306 e. The van der Waals surface area contributed by atoms with E-state index in [1.54, 1.807) is 0 Å². The Morgan fingerprint density at radius 2 is 0.468 bits per heavy atom. The maximum atomic E-state index is 12.9. The molecule has 77 heavy (non-hydrogen) atoms. The fourth-order valence-corrected chi connectivity index (χ4v) is 8.24. The monoisotopic (exact) mass is 1060 g/mol. The number of allylic oxidation sites excluding steroid dienone is 24. The summed E-state index contributed by atoms with van der Waals surface area (Å²) >= 11 is 0. The molecular formula is C71H114O6. The van der Waals surface area contributed by atoms with E-state index in [4.69, 9.17) is 14.2 Å². The molecule has 0 aromatic carbocycles. The Hall–Kier alpha value is -4.71. The normalized spacial score (nSPS) is 13.1. The second kappa shape index (κ2) is 63.8. The zero-order valence-corrected chi connectivity index (χ0v) is 49.7. The topological polar surface area (TPSA) is 78.9 Å². The van der Waals surface area contributed by atoms with Crippen LogP contribution in [0, 0.1) is 0 Å². The largest absolute Gasteiger partial charge is 0.462 e. The van der Waals surface area contributed by atoms with Crippen LogP contribution in [0.1, 0.15) is 265 Å². The second-order valence-electron chi connectivity index (χ2n) is 20.2. The van der Waals surface area contributed by atoms with Gasteiger partial charge < -0.3 is 14.2 Å². The predicted molar refractivity (Wildman–Crippen MR) is 334 cm³/mol. The first-order chi connectivity index (χ1) is 38.0. The Morgan fingerprint density at radius 1 is 0.260 bits per heavy atom. The van der Waals surface area contributed by atoms with Crippen molar-refractivity contribution in [2.45, 2.75) is 271 Å². The third-order valence-corrected chi connectivity index (χ3v) is 12.8. The second-order valence-corrected chi connectivity index (χ2v) is 20.2. The summed E-state index contributed by atoms with van der Waals surface area (Å²) in [7, 11) is 0. The molecule has 0 saturated heterocycles. The summed E-state index contributed by atoms with van der Waals surface area (Å²) in [6, 6.07) is 0.